The van der Waals surface area contributed by atoms with Gasteiger partial charge in [-0.15, -0.1) is 11.3 Å². The van der Waals surface area contributed by atoms with Gasteiger partial charge in [-0.05, 0) is 42.8 Å². The van der Waals surface area contributed by atoms with Crippen molar-refractivity contribution in [2.45, 2.75) is 37.8 Å². The maximum Gasteiger partial charge on any atom is 0.224 e. The molecular weight excluding hydrogens is 308 g/mol. The summed E-state index contributed by atoms with van der Waals surface area (Å²) in [6.07, 6.45) is 5.33. The molecule has 0 radical (unpaired) electrons. The highest BCUT2D eigenvalue weighted by Gasteiger charge is 2.46. The third-order valence-corrected chi connectivity index (χ3v) is 5.95. The first-order chi connectivity index (χ1) is 11.2. The fourth-order valence-electron chi connectivity index (χ4n) is 3.44. The number of carbonyl (C=O) groups is 1. The molecule has 23 heavy (non-hydrogen) atoms. The van der Waals surface area contributed by atoms with Crippen LogP contribution < -0.4 is 5.32 Å². The molecule has 120 valence electrons. The summed E-state index contributed by atoms with van der Waals surface area (Å²) < 4.78 is 5.82. The number of hydrogen-bond acceptors (Lipinski definition) is 4. The Morgan fingerprint density at radius 3 is 3.09 bits per heavy atom. The Kier molecular flexibility index (Phi) is 3.91. The molecule has 2 fully saturated rings. The number of aromatic nitrogens is 1. The van der Waals surface area contributed by atoms with Crippen molar-refractivity contribution in [3.05, 3.63) is 52.0 Å². The van der Waals surface area contributed by atoms with Gasteiger partial charge in [-0.3, -0.25) is 9.78 Å². The Bertz CT molecular complexity index is 700. The standard InChI is InChI=1S/C18H20N2O2S/c1-11-5-8-23-17(11)13-9-14(13)18(21)20-15-4-7-22-16(15)12-3-2-6-19-10-12/h2-3,5-6,8,10,13-16H,4,7,9H2,1H3,(H,20,21)/t13?,14?,15-,16+/m0/s1. The molecule has 1 saturated heterocycles. The van der Waals surface area contributed by atoms with Crippen LogP contribution >= 0.6 is 11.3 Å². The lowest BCUT2D eigenvalue weighted by atomic mass is 10.0. The van der Waals surface area contributed by atoms with E-state index in [1.54, 1.807) is 17.5 Å². The molecule has 2 unspecified atom stereocenters. The summed E-state index contributed by atoms with van der Waals surface area (Å²) >= 11 is 1.77. The summed E-state index contributed by atoms with van der Waals surface area (Å²) in [5.74, 6) is 0.712. The zero-order valence-electron chi connectivity index (χ0n) is 13.1. The quantitative estimate of drug-likeness (QED) is 0.938. The summed E-state index contributed by atoms with van der Waals surface area (Å²) in [6.45, 7) is 2.81. The van der Waals surface area contributed by atoms with Crippen molar-refractivity contribution in [3.8, 4) is 0 Å². The van der Waals surface area contributed by atoms with Crippen molar-refractivity contribution in [2.24, 2.45) is 5.92 Å². The van der Waals surface area contributed by atoms with E-state index >= 15 is 0 Å². The minimum atomic E-state index is -0.0756. The van der Waals surface area contributed by atoms with Crippen molar-refractivity contribution in [3.63, 3.8) is 0 Å². The molecule has 2 aromatic heterocycles. The van der Waals surface area contributed by atoms with E-state index in [-0.39, 0.29) is 24.0 Å². The van der Waals surface area contributed by atoms with Gasteiger partial charge in [-0.25, -0.2) is 0 Å². The molecule has 3 heterocycles. The average molecular weight is 328 g/mol. The Morgan fingerprint density at radius 1 is 1.43 bits per heavy atom. The molecule has 4 nitrogen and oxygen atoms in total. The van der Waals surface area contributed by atoms with Crippen LogP contribution in [0.25, 0.3) is 0 Å². The zero-order valence-corrected chi connectivity index (χ0v) is 13.9. The Hall–Kier alpha value is -1.72. The Morgan fingerprint density at radius 2 is 2.35 bits per heavy atom. The first-order valence-corrected chi connectivity index (χ1v) is 8.98. The molecule has 2 aromatic rings. The maximum absolute atomic E-state index is 12.6. The van der Waals surface area contributed by atoms with Gasteiger partial charge in [0.1, 0.15) is 6.10 Å². The van der Waals surface area contributed by atoms with Crippen molar-refractivity contribution in [1.82, 2.24) is 10.3 Å². The van der Waals surface area contributed by atoms with Gasteiger partial charge in [-0.2, -0.15) is 0 Å². The molecule has 0 bridgehead atoms. The number of hydrogen-bond donors (Lipinski definition) is 1. The summed E-state index contributed by atoms with van der Waals surface area (Å²) in [5.41, 5.74) is 2.35. The third-order valence-electron chi connectivity index (χ3n) is 4.80. The summed E-state index contributed by atoms with van der Waals surface area (Å²) in [4.78, 5) is 18.1. The van der Waals surface area contributed by atoms with Gasteiger partial charge in [-0.1, -0.05) is 6.07 Å². The minimum Gasteiger partial charge on any atom is -0.371 e. The smallest absolute Gasteiger partial charge is 0.224 e. The fourth-order valence-corrected chi connectivity index (χ4v) is 4.55. The van der Waals surface area contributed by atoms with Crippen LogP contribution in [0.1, 0.15) is 40.9 Å². The molecule has 1 saturated carbocycles. The van der Waals surface area contributed by atoms with Crippen LogP contribution in [-0.2, 0) is 9.53 Å². The second-order valence-corrected chi connectivity index (χ2v) is 7.35. The Labute approximate surface area is 139 Å². The number of amides is 1. The van der Waals surface area contributed by atoms with Crippen LogP contribution in [0.4, 0.5) is 0 Å². The zero-order chi connectivity index (χ0) is 15.8. The fraction of sp³-hybridized carbons (Fsp3) is 0.444. The number of carbonyl (C=O) groups excluding carboxylic acids is 1. The van der Waals surface area contributed by atoms with E-state index in [0.29, 0.717) is 12.5 Å². The topological polar surface area (TPSA) is 51.2 Å². The lowest BCUT2D eigenvalue weighted by molar-refractivity contribution is -0.123. The SMILES string of the molecule is Cc1ccsc1C1CC1C(=O)N[C@H]1CCO[C@@H]1c1cccnc1. The van der Waals surface area contributed by atoms with Gasteiger partial charge in [0.25, 0.3) is 0 Å². The molecule has 1 aliphatic carbocycles. The number of nitrogens with zero attached hydrogens (tertiary/aromatic N) is 1. The largest absolute Gasteiger partial charge is 0.371 e. The lowest BCUT2D eigenvalue weighted by Crippen LogP contribution is -2.38. The first kappa shape index (κ1) is 14.8. The summed E-state index contributed by atoms with van der Waals surface area (Å²) in [7, 11) is 0. The number of rotatable bonds is 4. The van der Waals surface area contributed by atoms with Gasteiger partial charge >= 0.3 is 0 Å². The van der Waals surface area contributed by atoms with Gasteiger partial charge < -0.3 is 10.1 Å². The summed E-state index contributed by atoms with van der Waals surface area (Å²) in [6, 6.07) is 6.11. The highest BCUT2D eigenvalue weighted by molar-refractivity contribution is 7.10. The van der Waals surface area contributed by atoms with Crippen LogP contribution in [0.15, 0.2) is 36.0 Å². The van der Waals surface area contributed by atoms with Crippen LogP contribution in [-0.4, -0.2) is 23.5 Å². The molecule has 1 aliphatic heterocycles. The second kappa shape index (κ2) is 6.06. The van der Waals surface area contributed by atoms with Crippen LogP contribution in [0.3, 0.4) is 0 Å². The minimum absolute atomic E-state index is 0.0531. The van der Waals surface area contributed by atoms with Crippen molar-refractivity contribution < 1.29 is 9.53 Å². The molecule has 0 aromatic carbocycles. The molecular formula is C18H20N2O2S. The molecule has 5 heteroatoms. The van der Waals surface area contributed by atoms with Crippen LogP contribution in [0.2, 0.25) is 0 Å². The predicted octanol–water partition coefficient (Wildman–Crippen LogP) is 3.20. The van der Waals surface area contributed by atoms with Crippen LogP contribution in [0.5, 0.6) is 0 Å². The van der Waals surface area contributed by atoms with Crippen LogP contribution in [0, 0.1) is 12.8 Å². The number of thiophene rings is 1. The third kappa shape index (κ3) is 2.91. The van der Waals surface area contributed by atoms with Crippen molar-refractivity contribution in [2.75, 3.05) is 6.61 Å². The van der Waals surface area contributed by atoms with Gasteiger partial charge in [0, 0.05) is 41.3 Å². The number of ether oxygens (including phenoxy) is 1. The van der Waals surface area contributed by atoms with E-state index in [2.05, 4.69) is 28.7 Å². The highest BCUT2D eigenvalue weighted by atomic mass is 32.1. The molecule has 1 N–H and O–H groups in total. The Balaban J connectivity index is 1.40. The first-order valence-electron chi connectivity index (χ1n) is 8.10. The van der Waals surface area contributed by atoms with E-state index < -0.39 is 0 Å². The molecule has 1 amide bonds. The van der Waals surface area contributed by atoms with Crippen molar-refractivity contribution in [1.29, 1.82) is 0 Å². The van der Waals surface area contributed by atoms with E-state index in [9.17, 15) is 4.79 Å². The molecule has 4 rings (SSSR count). The summed E-state index contributed by atoms with van der Waals surface area (Å²) in [5, 5.41) is 5.33. The van der Waals surface area contributed by atoms with Gasteiger partial charge in [0.05, 0.1) is 6.04 Å². The second-order valence-electron chi connectivity index (χ2n) is 6.40. The normalized spacial score (nSPS) is 29.4. The average Bonchev–Trinajstić information content (AvgIpc) is 3.03. The molecule has 2 aliphatic rings. The maximum atomic E-state index is 12.6. The number of nitrogens with one attached hydrogen (secondary N) is 1. The van der Waals surface area contributed by atoms with E-state index in [1.807, 2.05) is 18.3 Å². The van der Waals surface area contributed by atoms with E-state index in [1.165, 1.54) is 10.4 Å². The molecule has 0 spiro atoms. The lowest BCUT2D eigenvalue weighted by Gasteiger charge is -2.20. The highest BCUT2D eigenvalue weighted by Crippen LogP contribution is 2.50. The molecule has 4 atom stereocenters. The van der Waals surface area contributed by atoms with Gasteiger partial charge in [0.2, 0.25) is 5.91 Å². The number of aryl methyl sites for hydroxylation is 1. The van der Waals surface area contributed by atoms with Crippen molar-refractivity contribution >= 4 is 17.2 Å². The predicted molar refractivity (Wildman–Crippen MR) is 89.4 cm³/mol. The monoisotopic (exact) mass is 328 g/mol. The van der Waals surface area contributed by atoms with Gasteiger partial charge in [0.15, 0.2) is 0 Å². The van der Waals surface area contributed by atoms with E-state index in [4.69, 9.17) is 4.74 Å². The van der Waals surface area contributed by atoms with E-state index in [0.717, 1.165) is 18.4 Å². The number of pyridine rings is 1.